The minimum absolute atomic E-state index is 0.0747. The van der Waals surface area contributed by atoms with Crippen molar-refractivity contribution in [3.8, 4) is 0 Å². The molecule has 18 heavy (non-hydrogen) atoms. The molecule has 1 heterocycles. The van der Waals surface area contributed by atoms with Gasteiger partial charge in [-0.25, -0.2) is 4.98 Å². The van der Waals surface area contributed by atoms with Crippen molar-refractivity contribution in [1.82, 2.24) is 15.3 Å². The fourth-order valence-electron chi connectivity index (χ4n) is 1.96. The third-order valence-corrected chi connectivity index (χ3v) is 3.07. The third kappa shape index (κ3) is 2.68. The number of hydrogen-bond donors (Lipinski definition) is 3. The van der Waals surface area contributed by atoms with Gasteiger partial charge in [0, 0.05) is 12.0 Å². The van der Waals surface area contributed by atoms with Crippen molar-refractivity contribution in [2.75, 3.05) is 13.1 Å². The zero-order valence-corrected chi connectivity index (χ0v) is 10.7. The first-order valence-corrected chi connectivity index (χ1v) is 5.92. The van der Waals surface area contributed by atoms with Crippen LogP contribution in [-0.2, 0) is 10.2 Å². The highest BCUT2D eigenvalue weighted by Crippen LogP contribution is 2.24. The summed E-state index contributed by atoms with van der Waals surface area (Å²) >= 11 is 0. The molecule has 96 valence electrons. The number of carbonyl (C=O) groups is 1. The Bertz CT molecular complexity index is 559. The standard InChI is InChI=1S/C13H18N4O/c1-13(2,7-15-6-12(14)18)9-3-4-10-11(5-9)17-8-16-10/h3-5,8,15H,6-7H2,1-2H3,(H2,14,18)(H,16,17). The molecule has 0 unspecified atom stereocenters. The Kier molecular flexibility index (Phi) is 3.34. The van der Waals surface area contributed by atoms with E-state index in [9.17, 15) is 4.79 Å². The van der Waals surface area contributed by atoms with Gasteiger partial charge in [-0.1, -0.05) is 19.9 Å². The van der Waals surface area contributed by atoms with Crippen LogP contribution in [0.4, 0.5) is 0 Å². The number of amides is 1. The molecule has 0 aliphatic heterocycles. The fourth-order valence-corrected chi connectivity index (χ4v) is 1.96. The molecular formula is C13H18N4O. The van der Waals surface area contributed by atoms with E-state index in [1.54, 1.807) is 6.33 Å². The average molecular weight is 246 g/mol. The first-order valence-electron chi connectivity index (χ1n) is 5.92. The summed E-state index contributed by atoms with van der Waals surface area (Å²) in [6, 6.07) is 6.15. The Morgan fingerprint density at radius 2 is 2.28 bits per heavy atom. The van der Waals surface area contributed by atoms with Crippen LogP contribution in [0.15, 0.2) is 24.5 Å². The van der Waals surface area contributed by atoms with Crippen molar-refractivity contribution < 1.29 is 4.79 Å². The predicted molar refractivity (Wildman–Crippen MR) is 71.2 cm³/mol. The van der Waals surface area contributed by atoms with E-state index in [1.165, 1.54) is 5.56 Å². The minimum atomic E-state index is -0.338. The first kappa shape index (κ1) is 12.6. The molecule has 0 radical (unpaired) electrons. The zero-order chi connectivity index (χ0) is 13.2. The number of aromatic nitrogens is 2. The van der Waals surface area contributed by atoms with Crippen LogP contribution >= 0.6 is 0 Å². The highest BCUT2D eigenvalue weighted by molar-refractivity contribution is 5.76. The molecule has 4 N–H and O–H groups in total. The second kappa shape index (κ2) is 4.78. The lowest BCUT2D eigenvalue weighted by Gasteiger charge is -2.25. The van der Waals surface area contributed by atoms with Crippen LogP contribution in [0.25, 0.3) is 11.0 Å². The van der Waals surface area contributed by atoms with Gasteiger partial charge in [0.15, 0.2) is 0 Å². The quantitative estimate of drug-likeness (QED) is 0.733. The summed E-state index contributed by atoms with van der Waals surface area (Å²) in [5, 5.41) is 3.07. The summed E-state index contributed by atoms with van der Waals surface area (Å²) in [6.07, 6.45) is 1.69. The van der Waals surface area contributed by atoms with E-state index in [0.29, 0.717) is 6.54 Å². The highest BCUT2D eigenvalue weighted by Gasteiger charge is 2.20. The van der Waals surface area contributed by atoms with Gasteiger partial charge < -0.3 is 16.0 Å². The molecule has 2 rings (SSSR count). The van der Waals surface area contributed by atoms with Gasteiger partial charge >= 0.3 is 0 Å². The van der Waals surface area contributed by atoms with Crippen molar-refractivity contribution in [1.29, 1.82) is 0 Å². The number of aromatic amines is 1. The van der Waals surface area contributed by atoms with Crippen molar-refractivity contribution >= 4 is 16.9 Å². The summed E-state index contributed by atoms with van der Waals surface area (Å²) in [5.41, 5.74) is 8.20. The van der Waals surface area contributed by atoms with E-state index in [0.717, 1.165) is 11.0 Å². The maximum atomic E-state index is 10.7. The molecule has 0 aliphatic rings. The van der Waals surface area contributed by atoms with Crippen LogP contribution in [0, 0.1) is 0 Å². The summed E-state index contributed by atoms with van der Waals surface area (Å²) < 4.78 is 0. The van der Waals surface area contributed by atoms with Crippen LogP contribution in [0.3, 0.4) is 0 Å². The topological polar surface area (TPSA) is 83.8 Å². The summed E-state index contributed by atoms with van der Waals surface area (Å²) in [6.45, 7) is 5.14. The van der Waals surface area contributed by atoms with Gasteiger partial charge in [-0.2, -0.15) is 0 Å². The Hall–Kier alpha value is -1.88. The molecule has 0 aliphatic carbocycles. The van der Waals surface area contributed by atoms with Gasteiger partial charge in [-0.3, -0.25) is 4.79 Å². The van der Waals surface area contributed by atoms with Crippen LogP contribution in [0.1, 0.15) is 19.4 Å². The normalized spacial score (nSPS) is 11.9. The third-order valence-electron chi connectivity index (χ3n) is 3.07. The van der Waals surface area contributed by atoms with Gasteiger partial charge in [-0.05, 0) is 17.7 Å². The van der Waals surface area contributed by atoms with Gasteiger partial charge in [-0.15, -0.1) is 0 Å². The predicted octanol–water partition coefficient (Wildman–Crippen LogP) is 0.915. The van der Waals surface area contributed by atoms with E-state index in [2.05, 4.69) is 41.3 Å². The number of primary amides is 1. The molecule has 2 aromatic rings. The summed E-state index contributed by atoms with van der Waals surface area (Å²) in [7, 11) is 0. The molecule has 0 fully saturated rings. The van der Waals surface area contributed by atoms with Gasteiger partial charge in [0.1, 0.15) is 0 Å². The molecule has 5 nitrogen and oxygen atoms in total. The number of nitrogens with zero attached hydrogens (tertiary/aromatic N) is 1. The Labute approximate surface area is 106 Å². The van der Waals surface area contributed by atoms with Crippen molar-refractivity contribution in [3.05, 3.63) is 30.1 Å². The molecule has 1 aromatic heterocycles. The SMILES string of the molecule is CC(C)(CNCC(N)=O)c1ccc2nc[nH]c2c1. The largest absolute Gasteiger partial charge is 0.369 e. The highest BCUT2D eigenvalue weighted by atomic mass is 16.1. The van der Waals surface area contributed by atoms with Crippen LogP contribution in [0.5, 0.6) is 0 Å². The van der Waals surface area contributed by atoms with E-state index >= 15 is 0 Å². The Morgan fingerprint density at radius 3 is 3.00 bits per heavy atom. The maximum absolute atomic E-state index is 10.7. The lowest BCUT2D eigenvalue weighted by Crippen LogP contribution is -2.37. The molecule has 5 heteroatoms. The van der Waals surface area contributed by atoms with Gasteiger partial charge in [0.25, 0.3) is 0 Å². The monoisotopic (exact) mass is 246 g/mol. The number of nitrogens with two attached hydrogens (primary N) is 1. The molecule has 1 aromatic carbocycles. The number of rotatable bonds is 5. The molecule has 0 spiro atoms. The van der Waals surface area contributed by atoms with Gasteiger partial charge in [0.2, 0.25) is 5.91 Å². The number of H-pyrrole nitrogens is 1. The number of imidazole rings is 1. The van der Waals surface area contributed by atoms with E-state index < -0.39 is 0 Å². The fraction of sp³-hybridized carbons (Fsp3) is 0.385. The van der Waals surface area contributed by atoms with Crippen molar-refractivity contribution in [2.24, 2.45) is 5.73 Å². The van der Waals surface area contributed by atoms with Crippen molar-refractivity contribution in [2.45, 2.75) is 19.3 Å². The number of carbonyl (C=O) groups excluding carboxylic acids is 1. The lowest BCUT2D eigenvalue weighted by atomic mass is 9.84. The van der Waals surface area contributed by atoms with Crippen molar-refractivity contribution in [3.63, 3.8) is 0 Å². The second-order valence-corrected chi connectivity index (χ2v) is 5.09. The smallest absolute Gasteiger partial charge is 0.231 e. The van der Waals surface area contributed by atoms with Crippen LogP contribution in [-0.4, -0.2) is 29.0 Å². The summed E-state index contributed by atoms with van der Waals surface area (Å²) in [4.78, 5) is 18.0. The number of fused-ring (bicyclic) bond motifs is 1. The van der Waals surface area contributed by atoms with E-state index in [1.807, 2.05) is 6.07 Å². The molecule has 0 bridgehead atoms. The average Bonchev–Trinajstić information content (AvgIpc) is 2.74. The van der Waals surface area contributed by atoms with Crippen LogP contribution < -0.4 is 11.1 Å². The molecule has 0 atom stereocenters. The maximum Gasteiger partial charge on any atom is 0.231 e. The lowest BCUT2D eigenvalue weighted by molar-refractivity contribution is -0.117. The Balaban J connectivity index is 2.14. The van der Waals surface area contributed by atoms with Gasteiger partial charge in [0.05, 0.1) is 23.9 Å². The summed E-state index contributed by atoms with van der Waals surface area (Å²) in [5.74, 6) is -0.338. The number of benzene rings is 1. The van der Waals surface area contributed by atoms with E-state index in [4.69, 9.17) is 5.73 Å². The molecule has 0 saturated carbocycles. The van der Waals surface area contributed by atoms with Crippen LogP contribution in [0.2, 0.25) is 0 Å². The molecule has 0 saturated heterocycles. The number of nitrogens with one attached hydrogen (secondary N) is 2. The zero-order valence-electron chi connectivity index (χ0n) is 10.7. The van der Waals surface area contributed by atoms with E-state index in [-0.39, 0.29) is 17.9 Å². The molecular weight excluding hydrogens is 228 g/mol. The first-order chi connectivity index (χ1) is 8.49. The minimum Gasteiger partial charge on any atom is -0.369 e. The Morgan fingerprint density at radius 1 is 1.50 bits per heavy atom. The molecule has 1 amide bonds. The number of hydrogen-bond acceptors (Lipinski definition) is 3. The second-order valence-electron chi connectivity index (χ2n) is 5.09.